The number of nitrogens with zero attached hydrogens (tertiary/aromatic N) is 2. The molecule has 0 saturated carbocycles. The third-order valence-electron chi connectivity index (χ3n) is 1.90. The first-order valence-electron chi connectivity index (χ1n) is 4.41. The van der Waals surface area contributed by atoms with E-state index < -0.39 is 0 Å². The van der Waals surface area contributed by atoms with Crippen molar-refractivity contribution >= 4 is 12.4 Å². The molecule has 1 heterocycles. The molecule has 0 bridgehead atoms. The van der Waals surface area contributed by atoms with Gasteiger partial charge in [0.15, 0.2) is 0 Å². The van der Waals surface area contributed by atoms with Gasteiger partial charge >= 0.3 is 0 Å². The summed E-state index contributed by atoms with van der Waals surface area (Å²) in [6, 6.07) is 0. The minimum absolute atomic E-state index is 0.622. The zero-order valence-electron chi connectivity index (χ0n) is 8.70. The smallest absolute Gasteiger partial charge is 0.0680 e. The highest BCUT2D eigenvalue weighted by molar-refractivity contribution is 6.11. The molecule has 0 radical (unpaired) electrons. The zero-order chi connectivity index (χ0) is 11.3. The molecule has 1 aliphatic heterocycles. The molecule has 0 unspecified atom stereocenters. The van der Waals surface area contributed by atoms with Crippen LogP contribution in [0.25, 0.3) is 0 Å². The second kappa shape index (κ2) is 4.95. The van der Waals surface area contributed by atoms with E-state index in [0.717, 1.165) is 17.0 Å². The maximum absolute atomic E-state index is 5.82. The average molecular weight is 202 g/mol. The van der Waals surface area contributed by atoms with Gasteiger partial charge in [0, 0.05) is 30.7 Å². The van der Waals surface area contributed by atoms with E-state index in [-0.39, 0.29) is 0 Å². The highest BCUT2D eigenvalue weighted by Gasteiger charge is 2.10. The number of aliphatic imine (C=N–C) groups is 2. The average Bonchev–Trinajstić information content (AvgIpc) is 2.24. The lowest BCUT2D eigenvalue weighted by Crippen LogP contribution is -2.19. The van der Waals surface area contributed by atoms with Gasteiger partial charge < -0.3 is 11.1 Å². The van der Waals surface area contributed by atoms with Crippen molar-refractivity contribution in [3.05, 3.63) is 48.1 Å². The lowest BCUT2D eigenvalue weighted by molar-refractivity contribution is 1.06. The number of hydrogen-bond acceptors (Lipinski definition) is 4. The van der Waals surface area contributed by atoms with Crippen molar-refractivity contribution in [2.75, 3.05) is 7.05 Å². The van der Waals surface area contributed by atoms with Gasteiger partial charge in [-0.25, -0.2) is 0 Å². The van der Waals surface area contributed by atoms with E-state index >= 15 is 0 Å². The van der Waals surface area contributed by atoms with E-state index in [1.54, 1.807) is 25.5 Å². The van der Waals surface area contributed by atoms with Gasteiger partial charge in [-0.3, -0.25) is 9.98 Å². The van der Waals surface area contributed by atoms with Gasteiger partial charge in [0.1, 0.15) is 0 Å². The van der Waals surface area contributed by atoms with Crippen LogP contribution in [-0.4, -0.2) is 19.5 Å². The zero-order valence-corrected chi connectivity index (χ0v) is 8.70. The molecule has 4 heteroatoms. The van der Waals surface area contributed by atoms with E-state index in [4.69, 9.17) is 5.73 Å². The van der Waals surface area contributed by atoms with Gasteiger partial charge in [-0.2, -0.15) is 0 Å². The molecule has 4 nitrogen and oxygen atoms in total. The van der Waals surface area contributed by atoms with Crippen LogP contribution in [0.4, 0.5) is 0 Å². The molecule has 0 aromatic rings. The van der Waals surface area contributed by atoms with Crippen LogP contribution in [0.3, 0.4) is 0 Å². The Kier molecular flexibility index (Phi) is 3.62. The van der Waals surface area contributed by atoms with E-state index in [9.17, 15) is 0 Å². The van der Waals surface area contributed by atoms with Crippen LogP contribution in [0.5, 0.6) is 0 Å². The lowest BCUT2D eigenvalue weighted by Gasteiger charge is -2.14. The van der Waals surface area contributed by atoms with Crippen LogP contribution in [0, 0.1) is 0 Å². The molecule has 0 saturated heterocycles. The quantitative estimate of drug-likeness (QED) is 0.673. The van der Waals surface area contributed by atoms with Crippen molar-refractivity contribution in [3.8, 4) is 0 Å². The van der Waals surface area contributed by atoms with Crippen LogP contribution < -0.4 is 11.1 Å². The molecular weight excluding hydrogens is 188 g/mol. The molecule has 0 atom stereocenters. The van der Waals surface area contributed by atoms with E-state index in [1.165, 1.54) is 0 Å². The Hall–Kier alpha value is -2.10. The molecule has 0 fully saturated rings. The summed E-state index contributed by atoms with van der Waals surface area (Å²) in [5, 5.41) is 2.92. The summed E-state index contributed by atoms with van der Waals surface area (Å²) >= 11 is 0. The summed E-state index contributed by atoms with van der Waals surface area (Å²) in [5.74, 6) is 0. The van der Waals surface area contributed by atoms with Gasteiger partial charge in [-0.15, -0.1) is 0 Å². The molecule has 0 aliphatic carbocycles. The summed E-state index contributed by atoms with van der Waals surface area (Å²) in [6.07, 6.45) is 6.85. The highest BCUT2D eigenvalue weighted by atomic mass is 14.9. The van der Waals surface area contributed by atoms with Crippen molar-refractivity contribution in [1.29, 1.82) is 0 Å². The molecule has 15 heavy (non-hydrogen) atoms. The fraction of sp³-hybridized carbons (Fsp3) is 0.0909. The minimum Gasteiger partial charge on any atom is -0.397 e. The summed E-state index contributed by atoms with van der Waals surface area (Å²) in [7, 11) is 1.70. The minimum atomic E-state index is 0.622. The third-order valence-corrected chi connectivity index (χ3v) is 1.90. The highest BCUT2D eigenvalue weighted by Crippen LogP contribution is 2.14. The number of hydrogen-bond donors (Lipinski definition) is 2. The Morgan fingerprint density at radius 1 is 1.60 bits per heavy atom. The first kappa shape index (κ1) is 11.0. The van der Waals surface area contributed by atoms with Crippen LogP contribution >= 0.6 is 0 Å². The monoisotopic (exact) mass is 202 g/mol. The number of rotatable bonds is 3. The summed E-state index contributed by atoms with van der Waals surface area (Å²) in [4.78, 5) is 7.74. The molecule has 78 valence electrons. The summed E-state index contributed by atoms with van der Waals surface area (Å²) in [6.45, 7) is 7.15. The second-order valence-corrected chi connectivity index (χ2v) is 2.93. The topological polar surface area (TPSA) is 62.8 Å². The first-order valence-corrected chi connectivity index (χ1v) is 4.41. The SMILES string of the molecule is C=N/C=C\C(=NC)C1=CC(=C)NC=C1N. The van der Waals surface area contributed by atoms with Gasteiger partial charge in [0.25, 0.3) is 0 Å². The molecule has 3 N–H and O–H groups in total. The van der Waals surface area contributed by atoms with Gasteiger partial charge in [-0.1, -0.05) is 6.58 Å². The van der Waals surface area contributed by atoms with Crippen LogP contribution in [0.2, 0.25) is 0 Å². The fourth-order valence-corrected chi connectivity index (χ4v) is 1.18. The van der Waals surface area contributed by atoms with Crippen LogP contribution in [0.1, 0.15) is 0 Å². The molecular formula is C11H14N4. The van der Waals surface area contributed by atoms with Crippen molar-refractivity contribution in [3.63, 3.8) is 0 Å². The second-order valence-electron chi connectivity index (χ2n) is 2.93. The predicted octanol–water partition coefficient (Wildman–Crippen LogP) is 1.11. The molecule has 0 aromatic heterocycles. The van der Waals surface area contributed by atoms with Crippen molar-refractivity contribution in [2.45, 2.75) is 0 Å². The first-order chi connectivity index (χ1) is 7.19. The van der Waals surface area contributed by atoms with E-state index in [1.807, 2.05) is 6.08 Å². The largest absolute Gasteiger partial charge is 0.397 e. The molecule has 1 rings (SSSR count). The van der Waals surface area contributed by atoms with Gasteiger partial charge in [0.2, 0.25) is 0 Å². The normalized spacial score (nSPS) is 17.1. The molecule has 0 spiro atoms. The Bertz CT molecular complexity index is 397. The van der Waals surface area contributed by atoms with E-state index in [0.29, 0.717) is 5.70 Å². The lowest BCUT2D eigenvalue weighted by atomic mass is 10.0. The summed E-state index contributed by atoms with van der Waals surface area (Å²) < 4.78 is 0. The number of nitrogens with one attached hydrogen (secondary N) is 1. The van der Waals surface area contributed by atoms with Gasteiger partial charge in [-0.05, 0) is 18.9 Å². The molecule has 0 amide bonds. The number of dihydropyridines is 1. The maximum atomic E-state index is 5.82. The molecule has 1 aliphatic rings. The number of allylic oxidation sites excluding steroid dienone is 3. The Morgan fingerprint density at radius 2 is 2.33 bits per heavy atom. The van der Waals surface area contributed by atoms with Crippen molar-refractivity contribution in [1.82, 2.24) is 5.32 Å². The van der Waals surface area contributed by atoms with Gasteiger partial charge in [0.05, 0.1) is 11.4 Å². The maximum Gasteiger partial charge on any atom is 0.0680 e. The van der Waals surface area contributed by atoms with Crippen molar-refractivity contribution in [2.24, 2.45) is 15.7 Å². The Labute approximate surface area is 89.3 Å². The fourth-order valence-electron chi connectivity index (χ4n) is 1.18. The number of nitrogens with two attached hydrogens (primary N) is 1. The Morgan fingerprint density at radius 3 is 2.93 bits per heavy atom. The van der Waals surface area contributed by atoms with Crippen molar-refractivity contribution < 1.29 is 0 Å². The Balaban J connectivity index is 3.04. The molecule has 0 aromatic carbocycles. The standard InChI is InChI=1S/C11H14N4/c1-8-6-9(10(12)7-15-8)11(14-3)4-5-13-2/h4-7,15H,1-2,12H2,3H3/b5-4-,14-11?. The van der Waals surface area contributed by atoms with E-state index in [2.05, 4.69) is 28.6 Å². The third kappa shape index (κ3) is 2.67. The predicted molar refractivity (Wildman–Crippen MR) is 64.7 cm³/mol. The van der Waals surface area contributed by atoms with Crippen LogP contribution in [-0.2, 0) is 0 Å². The van der Waals surface area contributed by atoms with Crippen LogP contribution in [0.15, 0.2) is 58.1 Å². The summed E-state index contributed by atoms with van der Waals surface area (Å²) in [5.41, 5.74) is 8.80.